The van der Waals surface area contributed by atoms with Gasteiger partial charge in [-0.05, 0) is 29.6 Å². The first-order chi connectivity index (χ1) is 7.24. The van der Waals surface area contributed by atoms with Crippen molar-refractivity contribution in [1.29, 1.82) is 0 Å². The van der Waals surface area contributed by atoms with E-state index in [-0.39, 0.29) is 5.78 Å². The number of hydrogen-bond acceptors (Lipinski definition) is 1. The number of rotatable bonds is 2. The van der Waals surface area contributed by atoms with E-state index in [0.717, 1.165) is 21.9 Å². The molecule has 0 aliphatic rings. The maximum Gasteiger partial charge on any atom is 0.155 e. The molecule has 0 amide bonds. The molecule has 0 bridgehead atoms. The third kappa shape index (κ3) is 1.67. The minimum atomic E-state index is 0.226. The molecule has 0 saturated heterocycles. The average molecular weight is 196 g/mol. The molecule has 1 nitrogen and oxygen atoms in total. The predicted molar refractivity (Wildman–Crippen MR) is 66.4 cm³/mol. The summed E-state index contributed by atoms with van der Waals surface area (Å²) in [5, 5.41) is 2.21. The second-order valence-electron chi connectivity index (χ2n) is 3.76. The Kier molecular flexibility index (Phi) is 2.59. The maximum absolute atomic E-state index is 11.8. The molecule has 2 aromatic rings. The molecule has 2 aromatic carbocycles. The van der Waals surface area contributed by atoms with Crippen LogP contribution in [0.1, 0.15) is 15.9 Å². The van der Waals surface area contributed by atoms with Gasteiger partial charge in [0.1, 0.15) is 7.85 Å². The highest BCUT2D eigenvalue weighted by Gasteiger charge is 2.10. The molecule has 0 saturated carbocycles. The molecule has 0 spiro atoms. The van der Waals surface area contributed by atoms with E-state index in [4.69, 9.17) is 0 Å². The largest absolute Gasteiger partial charge is 0.295 e. The maximum atomic E-state index is 11.8. The fraction of sp³-hybridized carbons (Fsp3) is 0.154. The van der Waals surface area contributed by atoms with E-state index in [9.17, 15) is 4.79 Å². The molecule has 0 unspecified atom stereocenters. The summed E-state index contributed by atoms with van der Waals surface area (Å²) in [6.45, 7) is 2.00. The van der Waals surface area contributed by atoms with Crippen molar-refractivity contribution in [2.24, 2.45) is 0 Å². The third-order valence-corrected chi connectivity index (χ3v) is 2.74. The highest BCUT2D eigenvalue weighted by molar-refractivity contribution is 6.26. The second kappa shape index (κ2) is 3.89. The van der Waals surface area contributed by atoms with Gasteiger partial charge in [-0.15, -0.1) is 0 Å². The number of Topliss-reactive ketones (excluding diaryl/α,β-unsaturated/α-hetero) is 1. The van der Waals surface area contributed by atoms with E-state index in [2.05, 4.69) is 6.07 Å². The van der Waals surface area contributed by atoms with Crippen molar-refractivity contribution >= 4 is 24.4 Å². The Morgan fingerprint density at radius 3 is 2.67 bits per heavy atom. The highest BCUT2D eigenvalue weighted by atomic mass is 16.1. The lowest BCUT2D eigenvalue weighted by atomic mass is 9.90. The minimum absolute atomic E-state index is 0.226. The molecule has 0 radical (unpaired) electrons. The molecule has 74 valence electrons. The fourth-order valence-corrected chi connectivity index (χ4v) is 1.93. The Morgan fingerprint density at radius 1 is 1.20 bits per heavy atom. The van der Waals surface area contributed by atoms with Gasteiger partial charge in [-0.25, -0.2) is 0 Å². The van der Waals surface area contributed by atoms with E-state index < -0.39 is 0 Å². The predicted octanol–water partition coefficient (Wildman–Crippen LogP) is 2.38. The first-order valence-corrected chi connectivity index (χ1v) is 5.25. The average Bonchev–Trinajstić information content (AvgIpc) is 2.28. The first kappa shape index (κ1) is 9.97. The summed E-state index contributed by atoms with van der Waals surface area (Å²) < 4.78 is 0. The molecule has 2 heteroatoms. The van der Waals surface area contributed by atoms with E-state index in [0.29, 0.717) is 6.32 Å². The lowest BCUT2D eigenvalue weighted by Gasteiger charge is -2.07. The van der Waals surface area contributed by atoms with Crippen LogP contribution in [-0.4, -0.2) is 13.6 Å². The summed E-state index contributed by atoms with van der Waals surface area (Å²) in [5.74, 6) is 0.226. The third-order valence-electron chi connectivity index (χ3n) is 2.74. The number of benzene rings is 2. The van der Waals surface area contributed by atoms with E-state index >= 15 is 0 Å². The van der Waals surface area contributed by atoms with Gasteiger partial charge in [-0.1, -0.05) is 36.4 Å². The van der Waals surface area contributed by atoms with Crippen molar-refractivity contribution < 1.29 is 4.79 Å². The number of aryl methyl sites for hydroxylation is 1. The van der Waals surface area contributed by atoms with Gasteiger partial charge >= 0.3 is 0 Å². The van der Waals surface area contributed by atoms with Crippen LogP contribution in [-0.2, 0) is 0 Å². The van der Waals surface area contributed by atoms with E-state index in [1.54, 1.807) is 0 Å². The van der Waals surface area contributed by atoms with Gasteiger partial charge in [0.25, 0.3) is 0 Å². The monoisotopic (exact) mass is 196 g/mol. The van der Waals surface area contributed by atoms with Gasteiger partial charge in [0.2, 0.25) is 0 Å². The Labute approximate surface area is 90.5 Å². The summed E-state index contributed by atoms with van der Waals surface area (Å²) in [6.07, 6.45) is 0.564. The molecule has 0 fully saturated rings. The summed E-state index contributed by atoms with van der Waals surface area (Å²) in [6, 6.07) is 12.1. The first-order valence-electron chi connectivity index (χ1n) is 5.25. The quantitative estimate of drug-likeness (QED) is 0.532. The zero-order valence-electron chi connectivity index (χ0n) is 9.08. The molecule has 0 aliphatic carbocycles. The van der Waals surface area contributed by atoms with Crippen LogP contribution in [0.25, 0.3) is 10.8 Å². The second-order valence-corrected chi connectivity index (χ2v) is 3.76. The van der Waals surface area contributed by atoms with Crippen LogP contribution in [0.2, 0.25) is 6.32 Å². The molecular formula is C13H13BO. The molecule has 0 heterocycles. The number of fused-ring (bicyclic) bond motifs is 1. The topological polar surface area (TPSA) is 17.1 Å². The Balaban J connectivity index is 2.79. The molecule has 0 N–H and O–H groups in total. The highest BCUT2D eigenvalue weighted by Crippen LogP contribution is 2.23. The van der Waals surface area contributed by atoms with Gasteiger partial charge in [0, 0.05) is 5.56 Å². The van der Waals surface area contributed by atoms with Gasteiger partial charge in [0.05, 0.1) is 0 Å². The Hall–Kier alpha value is -1.57. The van der Waals surface area contributed by atoms with Gasteiger partial charge in [-0.2, -0.15) is 0 Å². The molecular weight excluding hydrogens is 183 g/mol. The van der Waals surface area contributed by atoms with Crippen molar-refractivity contribution in [3.63, 3.8) is 0 Å². The minimum Gasteiger partial charge on any atom is -0.295 e. The van der Waals surface area contributed by atoms with Crippen molar-refractivity contribution in [1.82, 2.24) is 0 Å². The molecule has 15 heavy (non-hydrogen) atoms. The standard InChI is InChI=1S/C13H13BO/c1-9-6-7-10-4-2-3-5-11(10)13(9)12(15)8-14/h2-7H,8,14H2,1H3. The smallest absolute Gasteiger partial charge is 0.155 e. The zero-order valence-corrected chi connectivity index (χ0v) is 9.08. The number of carbonyl (C=O) groups is 1. The van der Waals surface area contributed by atoms with Gasteiger partial charge in [-0.3, -0.25) is 4.79 Å². The van der Waals surface area contributed by atoms with Crippen LogP contribution < -0.4 is 0 Å². The number of ketones is 1. The van der Waals surface area contributed by atoms with Crippen LogP contribution in [0, 0.1) is 6.92 Å². The molecule has 0 atom stereocenters. The molecule has 0 aromatic heterocycles. The zero-order chi connectivity index (χ0) is 10.8. The van der Waals surface area contributed by atoms with E-state index in [1.165, 1.54) is 0 Å². The summed E-state index contributed by atoms with van der Waals surface area (Å²) >= 11 is 0. The van der Waals surface area contributed by atoms with Gasteiger partial charge < -0.3 is 0 Å². The fourth-order valence-electron chi connectivity index (χ4n) is 1.93. The van der Waals surface area contributed by atoms with Crippen molar-refractivity contribution in [3.8, 4) is 0 Å². The van der Waals surface area contributed by atoms with Gasteiger partial charge in [0.15, 0.2) is 5.78 Å². The summed E-state index contributed by atoms with van der Waals surface area (Å²) in [7, 11) is 1.91. The van der Waals surface area contributed by atoms with Crippen LogP contribution in [0.15, 0.2) is 36.4 Å². The Morgan fingerprint density at radius 2 is 1.93 bits per heavy atom. The van der Waals surface area contributed by atoms with Crippen molar-refractivity contribution in [3.05, 3.63) is 47.5 Å². The van der Waals surface area contributed by atoms with Crippen molar-refractivity contribution in [2.45, 2.75) is 13.2 Å². The molecule has 0 aliphatic heterocycles. The van der Waals surface area contributed by atoms with Crippen LogP contribution in [0.5, 0.6) is 0 Å². The summed E-state index contributed by atoms with van der Waals surface area (Å²) in [5.41, 5.74) is 1.95. The SMILES string of the molecule is BCC(=O)c1c(C)ccc2ccccc12. The lowest BCUT2D eigenvalue weighted by Crippen LogP contribution is -2.01. The number of hydrogen-bond donors (Lipinski definition) is 0. The Bertz CT molecular complexity index is 517. The van der Waals surface area contributed by atoms with Crippen LogP contribution in [0.4, 0.5) is 0 Å². The van der Waals surface area contributed by atoms with Crippen LogP contribution in [0.3, 0.4) is 0 Å². The summed E-state index contributed by atoms with van der Waals surface area (Å²) in [4.78, 5) is 11.8. The normalized spacial score (nSPS) is 10.5. The number of carbonyl (C=O) groups excluding carboxylic acids is 1. The van der Waals surface area contributed by atoms with Crippen molar-refractivity contribution in [2.75, 3.05) is 0 Å². The van der Waals surface area contributed by atoms with E-state index in [1.807, 2.05) is 45.1 Å². The van der Waals surface area contributed by atoms with Crippen LogP contribution >= 0.6 is 0 Å². The lowest BCUT2D eigenvalue weighted by molar-refractivity contribution is 0.101. The molecule has 2 rings (SSSR count).